The number of H-pyrrole nitrogens is 1. The van der Waals surface area contributed by atoms with E-state index in [-0.39, 0.29) is 41.8 Å². The zero-order valence-electron chi connectivity index (χ0n) is 29.0. The molecule has 1 fully saturated rings. The van der Waals surface area contributed by atoms with Crippen LogP contribution in [0.3, 0.4) is 0 Å². The molecule has 1 saturated heterocycles. The smallest absolute Gasteiger partial charge is 0.407 e. The van der Waals surface area contributed by atoms with Gasteiger partial charge in [0.2, 0.25) is 23.6 Å². The van der Waals surface area contributed by atoms with Crippen LogP contribution in [0.15, 0.2) is 42.5 Å². The lowest BCUT2D eigenvalue weighted by Crippen LogP contribution is -2.52. The molecule has 264 valence electrons. The Morgan fingerprint density at radius 3 is 2.35 bits per heavy atom. The van der Waals surface area contributed by atoms with Crippen LogP contribution in [-0.4, -0.2) is 83.3 Å². The molecule has 49 heavy (non-hydrogen) atoms. The Kier molecular flexibility index (Phi) is 12.4. The summed E-state index contributed by atoms with van der Waals surface area (Å²) in [6, 6.07) is 10.2. The van der Waals surface area contributed by atoms with Crippen LogP contribution in [0, 0.1) is 17.7 Å². The van der Waals surface area contributed by atoms with Crippen molar-refractivity contribution in [3.8, 4) is 11.3 Å². The predicted octanol–water partition coefficient (Wildman–Crippen LogP) is 5.51. The molecular formula is C36H47FN6O6. The lowest BCUT2D eigenvalue weighted by atomic mass is 10.0. The summed E-state index contributed by atoms with van der Waals surface area (Å²) in [5.41, 5.74) is 2.22. The molecule has 0 saturated carbocycles. The maximum absolute atomic E-state index is 15.7. The number of amides is 5. The molecule has 0 unspecified atom stereocenters. The quantitative estimate of drug-likeness (QED) is 0.187. The molecular weight excluding hydrogens is 631 g/mol. The molecule has 13 heteroatoms. The van der Waals surface area contributed by atoms with Gasteiger partial charge in [-0.05, 0) is 61.4 Å². The van der Waals surface area contributed by atoms with Crippen molar-refractivity contribution in [3.63, 3.8) is 0 Å². The minimum atomic E-state index is -0.854. The number of hydrogen-bond acceptors (Lipinski definition) is 6. The number of fused-ring (bicyclic) bond motifs is 1. The van der Waals surface area contributed by atoms with E-state index in [1.807, 2.05) is 20.8 Å². The first kappa shape index (κ1) is 36.9. The number of likely N-dealkylation sites (tertiary alicyclic amines) is 1. The van der Waals surface area contributed by atoms with Gasteiger partial charge in [-0.2, -0.15) is 0 Å². The lowest BCUT2D eigenvalue weighted by Gasteiger charge is -2.29. The van der Waals surface area contributed by atoms with E-state index < -0.39 is 29.9 Å². The van der Waals surface area contributed by atoms with Gasteiger partial charge in [0, 0.05) is 47.4 Å². The number of anilines is 2. The molecule has 1 aromatic heterocycles. The predicted molar refractivity (Wildman–Crippen MR) is 186 cm³/mol. The average molecular weight is 679 g/mol. The van der Waals surface area contributed by atoms with E-state index in [0.717, 1.165) is 6.42 Å². The molecule has 4 rings (SSSR count). The summed E-state index contributed by atoms with van der Waals surface area (Å²) >= 11 is 0. The molecule has 2 aromatic carbocycles. The van der Waals surface area contributed by atoms with Gasteiger partial charge >= 0.3 is 6.09 Å². The molecule has 0 bridgehead atoms. The summed E-state index contributed by atoms with van der Waals surface area (Å²) in [6.45, 7) is 10.1. The number of nitrogens with zero attached hydrogens (tertiary/aromatic N) is 2. The van der Waals surface area contributed by atoms with E-state index in [1.54, 1.807) is 61.2 Å². The van der Waals surface area contributed by atoms with Crippen molar-refractivity contribution < 1.29 is 33.1 Å². The summed E-state index contributed by atoms with van der Waals surface area (Å²) < 4.78 is 20.4. The Hall–Kier alpha value is -4.94. The van der Waals surface area contributed by atoms with E-state index in [2.05, 4.69) is 25.7 Å². The number of aromatic nitrogens is 1. The third-order valence-electron chi connectivity index (χ3n) is 8.45. The summed E-state index contributed by atoms with van der Waals surface area (Å²) in [6.07, 6.45) is 1.60. The van der Waals surface area contributed by atoms with E-state index in [1.165, 1.54) is 12.0 Å². The van der Waals surface area contributed by atoms with Crippen molar-refractivity contribution in [1.29, 1.82) is 0 Å². The number of carbonyl (C=O) groups is 5. The molecule has 2 heterocycles. The van der Waals surface area contributed by atoms with E-state index in [4.69, 9.17) is 0 Å². The van der Waals surface area contributed by atoms with Gasteiger partial charge in [0.1, 0.15) is 12.1 Å². The van der Waals surface area contributed by atoms with Crippen LogP contribution in [0.1, 0.15) is 60.3 Å². The Balaban J connectivity index is 1.42. The van der Waals surface area contributed by atoms with Crippen LogP contribution in [0.5, 0.6) is 0 Å². The van der Waals surface area contributed by atoms with Crippen molar-refractivity contribution in [1.82, 2.24) is 20.1 Å². The highest BCUT2D eigenvalue weighted by Gasteiger charge is 2.34. The lowest BCUT2D eigenvalue weighted by molar-refractivity contribution is -0.137. The van der Waals surface area contributed by atoms with Crippen LogP contribution < -0.4 is 16.0 Å². The van der Waals surface area contributed by atoms with Crippen molar-refractivity contribution in [2.45, 2.75) is 72.4 Å². The number of methoxy groups -OCH3 is 1. The fourth-order valence-electron chi connectivity index (χ4n) is 5.99. The molecule has 0 radical (unpaired) electrons. The number of nitrogens with one attached hydrogen (secondary N) is 4. The van der Waals surface area contributed by atoms with Crippen molar-refractivity contribution in [2.75, 3.05) is 37.4 Å². The fourth-order valence-corrected chi connectivity index (χ4v) is 5.99. The highest BCUT2D eigenvalue weighted by molar-refractivity contribution is 6.00. The topological polar surface area (TPSA) is 153 Å². The van der Waals surface area contributed by atoms with Crippen LogP contribution in [0.2, 0.25) is 0 Å². The third-order valence-corrected chi connectivity index (χ3v) is 8.45. The Morgan fingerprint density at radius 1 is 1.02 bits per heavy atom. The molecule has 4 N–H and O–H groups in total. The molecule has 2 atom stereocenters. The Bertz CT molecular complexity index is 1670. The number of halogens is 1. The first-order valence-electron chi connectivity index (χ1n) is 16.8. The molecule has 3 aromatic rings. The van der Waals surface area contributed by atoms with Crippen LogP contribution in [0.4, 0.5) is 20.6 Å². The number of aromatic amines is 1. The van der Waals surface area contributed by atoms with Gasteiger partial charge in [0.15, 0.2) is 5.82 Å². The van der Waals surface area contributed by atoms with Crippen LogP contribution in [-0.2, 0) is 23.9 Å². The average Bonchev–Trinajstić information content (AvgIpc) is 3.68. The largest absolute Gasteiger partial charge is 0.453 e. The Morgan fingerprint density at radius 2 is 1.71 bits per heavy atom. The van der Waals surface area contributed by atoms with Crippen LogP contribution in [0.25, 0.3) is 22.2 Å². The zero-order valence-corrected chi connectivity index (χ0v) is 29.0. The standard InChI is InChI=1S/C36H47FN6O6/c1-7-16-42(35(47)32(22(4)5)41-36(48)49-6)20-29(44)38-24-12-10-23(11-13-24)33-31(37)26-19-25(14-15-27(26)40-33)39-34(46)28-9-8-17-43(28)30(45)18-21(2)3/h10-15,19,21-22,28,32,40H,7-9,16-18,20H2,1-6H3,(H,38,44)(H,39,46)(H,41,48)/t28-,32-/m0/s1. The second-order valence-corrected chi connectivity index (χ2v) is 13.1. The first-order valence-corrected chi connectivity index (χ1v) is 16.8. The molecule has 0 spiro atoms. The molecule has 1 aliphatic heterocycles. The number of hydrogen-bond donors (Lipinski definition) is 4. The zero-order chi connectivity index (χ0) is 35.8. The summed E-state index contributed by atoms with van der Waals surface area (Å²) in [4.78, 5) is 69.9. The number of ether oxygens (including phenoxy) is 1. The van der Waals surface area contributed by atoms with Gasteiger partial charge in [0.25, 0.3) is 0 Å². The molecule has 12 nitrogen and oxygen atoms in total. The van der Waals surface area contributed by atoms with E-state index in [9.17, 15) is 24.0 Å². The fraction of sp³-hybridized carbons (Fsp3) is 0.472. The van der Waals surface area contributed by atoms with Gasteiger partial charge in [-0.25, -0.2) is 9.18 Å². The minimum Gasteiger partial charge on any atom is -0.453 e. The summed E-state index contributed by atoms with van der Waals surface area (Å²) in [7, 11) is 1.22. The maximum atomic E-state index is 15.7. The molecule has 0 aliphatic carbocycles. The number of rotatable bonds is 13. The van der Waals surface area contributed by atoms with E-state index in [0.29, 0.717) is 60.2 Å². The number of carbonyl (C=O) groups excluding carboxylic acids is 5. The second kappa shape index (κ2) is 16.4. The second-order valence-electron chi connectivity index (χ2n) is 13.1. The Labute approximate surface area is 286 Å². The normalized spacial score (nSPS) is 15.0. The molecule has 5 amide bonds. The minimum absolute atomic E-state index is 0.0339. The number of benzene rings is 2. The van der Waals surface area contributed by atoms with Gasteiger partial charge in [-0.15, -0.1) is 0 Å². The third kappa shape index (κ3) is 9.15. The van der Waals surface area contributed by atoms with Gasteiger partial charge in [-0.1, -0.05) is 46.8 Å². The highest BCUT2D eigenvalue weighted by atomic mass is 19.1. The van der Waals surface area contributed by atoms with Crippen LogP contribution >= 0.6 is 0 Å². The maximum Gasteiger partial charge on any atom is 0.407 e. The van der Waals surface area contributed by atoms with E-state index >= 15 is 4.39 Å². The highest BCUT2D eigenvalue weighted by Crippen LogP contribution is 2.32. The molecule has 1 aliphatic rings. The SMILES string of the molecule is CCCN(CC(=O)Nc1ccc(-c2[nH]c3ccc(NC(=O)[C@@H]4CCCN4C(=O)CC(C)C)cc3c2F)cc1)C(=O)[C@@H](NC(=O)OC)C(C)C. The van der Waals surface area contributed by atoms with Crippen molar-refractivity contribution >= 4 is 52.0 Å². The van der Waals surface area contributed by atoms with Gasteiger partial charge in [0.05, 0.1) is 19.3 Å². The first-order chi connectivity index (χ1) is 23.3. The van der Waals surface area contributed by atoms with Crippen molar-refractivity contribution in [3.05, 3.63) is 48.3 Å². The summed E-state index contributed by atoms with van der Waals surface area (Å²) in [5.74, 6) is -1.66. The summed E-state index contributed by atoms with van der Waals surface area (Å²) in [5, 5.41) is 8.49. The number of alkyl carbamates (subject to hydrolysis) is 1. The van der Waals surface area contributed by atoms with Gasteiger partial charge < -0.3 is 35.5 Å². The van der Waals surface area contributed by atoms with Crippen molar-refractivity contribution in [2.24, 2.45) is 11.8 Å². The van der Waals surface area contributed by atoms with Gasteiger partial charge in [-0.3, -0.25) is 19.2 Å². The monoisotopic (exact) mass is 678 g/mol.